The predicted molar refractivity (Wildman–Crippen MR) is 147 cm³/mol. The van der Waals surface area contributed by atoms with Gasteiger partial charge in [0.2, 0.25) is 0 Å². The van der Waals surface area contributed by atoms with Gasteiger partial charge in [-0.1, -0.05) is 64.8 Å². The normalized spacial score (nSPS) is 48.2. The molecule has 4 saturated carbocycles. The van der Waals surface area contributed by atoms with Gasteiger partial charge in [0, 0.05) is 12.3 Å². The van der Waals surface area contributed by atoms with Crippen molar-refractivity contribution in [1.82, 2.24) is 0 Å². The summed E-state index contributed by atoms with van der Waals surface area (Å²) in [5.41, 5.74) is 3.34. The number of carbonyl (C=O) groups is 2. The molecule has 0 aromatic heterocycles. The van der Waals surface area contributed by atoms with E-state index in [0.29, 0.717) is 11.8 Å². The van der Waals surface area contributed by atoms with E-state index in [9.17, 15) is 9.59 Å². The number of hydrogen-bond donors (Lipinski definition) is 0. The molecule has 0 radical (unpaired) electrons. The molecule has 8 atom stereocenters. The molecule has 4 fully saturated rings. The highest BCUT2D eigenvalue weighted by Gasteiger charge is 2.66. The minimum atomic E-state index is -0.397. The fourth-order valence-corrected chi connectivity index (χ4v) is 10.5. The Morgan fingerprint density at radius 3 is 2.16 bits per heavy atom. The van der Waals surface area contributed by atoms with Crippen LogP contribution in [0.3, 0.4) is 0 Å². The van der Waals surface area contributed by atoms with Crippen LogP contribution in [0.15, 0.2) is 23.3 Å². The Labute approximate surface area is 225 Å². The molecule has 37 heavy (non-hydrogen) atoms. The van der Waals surface area contributed by atoms with E-state index < -0.39 is 5.41 Å². The van der Waals surface area contributed by atoms with E-state index >= 15 is 0 Å². The quantitative estimate of drug-likeness (QED) is 0.355. The van der Waals surface area contributed by atoms with Crippen molar-refractivity contribution < 1.29 is 19.1 Å². The third-order valence-electron chi connectivity index (χ3n) is 13.2. The van der Waals surface area contributed by atoms with E-state index in [2.05, 4.69) is 60.6 Å². The van der Waals surface area contributed by atoms with E-state index in [1.54, 1.807) is 25.2 Å². The van der Waals surface area contributed by atoms with Gasteiger partial charge in [0.15, 0.2) is 0 Å². The fraction of sp³-hybridized carbons (Fsp3) is 0.818. The van der Waals surface area contributed by atoms with Gasteiger partial charge in [-0.15, -0.1) is 0 Å². The minimum Gasteiger partial charge on any atom is -0.469 e. The molecule has 5 aliphatic carbocycles. The fourth-order valence-electron chi connectivity index (χ4n) is 10.5. The SMILES string of the molecule is COC(=O)[C@@]1(C)CC[C@]2(C)CC[C@]3(C)C(=CC=C4[C@@]5(C)CC[C@H](OC(C)=O)C(C)(C)[C@@H]5CC[C@]43C)[C@@H]2C1. The van der Waals surface area contributed by atoms with Crippen LogP contribution in [0.25, 0.3) is 0 Å². The van der Waals surface area contributed by atoms with Gasteiger partial charge in [0.05, 0.1) is 12.5 Å². The third kappa shape index (κ3) is 3.52. The maximum Gasteiger partial charge on any atom is 0.311 e. The topological polar surface area (TPSA) is 52.6 Å². The van der Waals surface area contributed by atoms with Crippen molar-refractivity contribution in [2.45, 2.75) is 119 Å². The smallest absolute Gasteiger partial charge is 0.311 e. The number of ether oxygens (including phenoxy) is 2. The Morgan fingerprint density at radius 1 is 0.838 bits per heavy atom. The first kappa shape index (κ1) is 27.0. The molecular formula is C33H50O4. The molecule has 0 amide bonds. The number of allylic oxidation sites excluding steroid dienone is 4. The molecule has 206 valence electrons. The first-order chi connectivity index (χ1) is 17.1. The van der Waals surface area contributed by atoms with Crippen molar-refractivity contribution in [2.24, 2.45) is 44.3 Å². The van der Waals surface area contributed by atoms with Crippen LogP contribution in [-0.2, 0) is 19.1 Å². The lowest BCUT2D eigenvalue weighted by atomic mass is 9.36. The summed E-state index contributed by atoms with van der Waals surface area (Å²) in [6, 6.07) is 0. The van der Waals surface area contributed by atoms with Gasteiger partial charge < -0.3 is 9.47 Å². The van der Waals surface area contributed by atoms with Crippen molar-refractivity contribution in [1.29, 1.82) is 0 Å². The zero-order chi connectivity index (χ0) is 27.2. The molecule has 4 nitrogen and oxygen atoms in total. The maximum atomic E-state index is 12.9. The summed E-state index contributed by atoms with van der Waals surface area (Å²) in [7, 11) is 1.54. The highest BCUT2D eigenvalue weighted by Crippen LogP contribution is 2.74. The highest BCUT2D eigenvalue weighted by molar-refractivity contribution is 5.76. The van der Waals surface area contributed by atoms with E-state index in [4.69, 9.17) is 9.47 Å². The van der Waals surface area contributed by atoms with Crippen molar-refractivity contribution >= 4 is 11.9 Å². The van der Waals surface area contributed by atoms with Crippen LogP contribution in [-0.4, -0.2) is 25.2 Å². The number of rotatable bonds is 2. The summed E-state index contributed by atoms with van der Waals surface area (Å²) >= 11 is 0. The number of carbonyl (C=O) groups excluding carboxylic acids is 2. The van der Waals surface area contributed by atoms with Crippen molar-refractivity contribution in [3.05, 3.63) is 23.3 Å². The lowest BCUT2D eigenvalue weighted by Gasteiger charge is -2.68. The van der Waals surface area contributed by atoms with Crippen LogP contribution in [0.4, 0.5) is 0 Å². The predicted octanol–water partition coefficient (Wildman–Crippen LogP) is 7.81. The van der Waals surface area contributed by atoms with E-state index in [-0.39, 0.29) is 45.1 Å². The average Bonchev–Trinajstić information content (AvgIpc) is 2.82. The number of esters is 2. The molecule has 0 bridgehead atoms. The number of hydrogen-bond acceptors (Lipinski definition) is 4. The van der Waals surface area contributed by atoms with Gasteiger partial charge in [0.1, 0.15) is 6.10 Å². The van der Waals surface area contributed by atoms with Gasteiger partial charge in [0.25, 0.3) is 0 Å². The van der Waals surface area contributed by atoms with E-state index in [1.165, 1.54) is 25.7 Å². The second kappa shape index (κ2) is 8.21. The zero-order valence-corrected chi connectivity index (χ0v) is 24.9. The molecule has 0 spiro atoms. The maximum absolute atomic E-state index is 12.9. The first-order valence-corrected chi connectivity index (χ1v) is 14.8. The molecule has 5 rings (SSSR count). The van der Waals surface area contributed by atoms with Crippen molar-refractivity contribution in [3.63, 3.8) is 0 Å². The van der Waals surface area contributed by atoms with Crippen LogP contribution < -0.4 is 0 Å². The van der Waals surface area contributed by atoms with E-state index in [1.807, 2.05) is 0 Å². The Balaban J connectivity index is 1.57. The number of methoxy groups -OCH3 is 1. The first-order valence-electron chi connectivity index (χ1n) is 14.8. The van der Waals surface area contributed by atoms with Crippen LogP contribution in [0.2, 0.25) is 0 Å². The second-order valence-corrected chi connectivity index (χ2v) is 15.3. The molecule has 0 N–H and O–H groups in total. The van der Waals surface area contributed by atoms with Crippen LogP contribution >= 0.6 is 0 Å². The summed E-state index contributed by atoms with van der Waals surface area (Å²) < 4.78 is 11.2. The Kier molecular flexibility index (Phi) is 5.99. The molecule has 0 saturated heterocycles. The summed E-state index contributed by atoms with van der Waals surface area (Å²) in [5.74, 6) is 0.707. The lowest BCUT2D eigenvalue weighted by Crippen LogP contribution is -2.61. The third-order valence-corrected chi connectivity index (χ3v) is 13.2. The average molecular weight is 511 g/mol. The zero-order valence-electron chi connectivity index (χ0n) is 24.9. The Bertz CT molecular complexity index is 1070. The van der Waals surface area contributed by atoms with Gasteiger partial charge in [-0.3, -0.25) is 9.59 Å². The summed E-state index contributed by atoms with van der Waals surface area (Å²) in [5, 5.41) is 0. The standard InChI is InChI=1S/C33H50O4/c1-21(34)37-26-13-14-31(6)24(28(26,2)3)12-15-33(8)25(31)11-10-22-23-20-30(5,27(35)36-9)17-16-29(23,4)18-19-32(22,33)7/h10-11,23-24,26H,12-20H2,1-9H3/t23-,24-,26-,29+,30-,31-,32+,33+/m0/s1. The van der Waals surface area contributed by atoms with Gasteiger partial charge in [-0.2, -0.15) is 0 Å². The second-order valence-electron chi connectivity index (χ2n) is 15.3. The highest BCUT2D eigenvalue weighted by atomic mass is 16.5. The van der Waals surface area contributed by atoms with Crippen LogP contribution in [0, 0.1) is 44.3 Å². The molecular weight excluding hydrogens is 460 g/mol. The van der Waals surface area contributed by atoms with Crippen molar-refractivity contribution in [3.8, 4) is 0 Å². The Hall–Kier alpha value is -1.58. The summed E-state index contributed by atoms with van der Waals surface area (Å²) in [6.45, 7) is 18.4. The molecule has 0 heterocycles. The lowest BCUT2D eigenvalue weighted by molar-refractivity contribution is -0.172. The number of fused-ring (bicyclic) bond motifs is 7. The summed E-state index contributed by atoms with van der Waals surface area (Å²) in [6.07, 6.45) is 14.7. The molecule has 0 unspecified atom stereocenters. The van der Waals surface area contributed by atoms with Crippen LogP contribution in [0.1, 0.15) is 113 Å². The molecule has 4 heteroatoms. The largest absolute Gasteiger partial charge is 0.469 e. The molecule has 0 aromatic carbocycles. The van der Waals surface area contributed by atoms with Crippen LogP contribution in [0.5, 0.6) is 0 Å². The minimum absolute atomic E-state index is 0.00747. The van der Waals surface area contributed by atoms with E-state index in [0.717, 1.165) is 32.1 Å². The molecule has 5 aliphatic rings. The molecule has 0 aromatic rings. The van der Waals surface area contributed by atoms with Gasteiger partial charge in [-0.05, 0) is 98.2 Å². The van der Waals surface area contributed by atoms with Gasteiger partial charge >= 0.3 is 11.9 Å². The van der Waals surface area contributed by atoms with Gasteiger partial charge in [-0.25, -0.2) is 0 Å². The van der Waals surface area contributed by atoms with Crippen molar-refractivity contribution in [2.75, 3.05) is 7.11 Å². The monoisotopic (exact) mass is 510 g/mol. The molecule has 0 aliphatic heterocycles. The Morgan fingerprint density at radius 2 is 1.51 bits per heavy atom. The summed E-state index contributed by atoms with van der Waals surface area (Å²) in [4.78, 5) is 24.8.